The summed E-state index contributed by atoms with van der Waals surface area (Å²) in [5.41, 5.74) is 10.9. The van der Waals surface area contributed by atoms with Crippen molar-refractivity contribution in [2.45, 2.75) is 18.1 Å². The van der Waals surface area contributed by atoms with Gasteiger partial charge in [-0.3, -0.25) is 0 Å². The number of nitrogens with zero attached hydrogens (tertiary/aromatic N) is 2. The topological polar surface area (TPSA) is 77.8 Å². The van der Waals surface area contributed by atoms with Crippen molar-refractivity contribution < 1.29 is 13.2 Å². The molecule has 0 aromatic carbocycles. The first-order valence-electron chi connectivity index (χ1n) is 4.66. The van der Waals surface area contributed by atoms with Crippen molar-refractivity contribution in [3.8, 4) is 0 Å². The van der Waals surface area contributed by atoms with Crippen molar-refractivity contribution in [1.29, 1.82) is 0 Å². The number of hydrogen-bond acceptors (Lipinski definition) is 5. The molecule has 0 saturated heterocycles. The molecule has 0 amide bonds. The van der Waals surface area contributed by atoms with Gasteiger partial charge in [0, 0.05) is 5.70 Å². The van der Waals surface area contributed by atoms with Gasteiger partial charge in [0.2, 0.25) is 5.01 Å². The molecule has 1 aromatic rings. The Morgan fingerprint density at radius 2 is 2.06 bits per heavy atom. The molecule has 1 atom stereocenters. The minimum absolute atomic E-state index is 0.129. The first-order chi connectivity index (χ1) is 7.81. The molecule has 8 heteroatoms. The summed E-state index contributed by atoms with van der Waals surface area (Å²) in [6.07, 6.45) is 0.567. The predicted molar refractivity (Wildman–Crippen MR) is 56.8 cm³/mol. The molecule has 1 aromatic heterocycles. The highest BCUT2D eigenvalue weighted by molar-refractivity contribution is 7.11. The highest BCUT2D eigenvalue weighted by Gasteiger charge is 2.38. The summed E-state index contributed by atoms with van der Waals surface area (Å²) in [6, 6.07) is 0. The molecule has 0 bridgehead atoms. The van der Waals surface area contributed by atoms with Crippen LogP contribution in [0, 0.1) is 0 Å². The summed E-state index contributed by atoms with van der Waals surface area (Å²) in [5.74, 6) is 0. The first-order valence-corrected chi connectivity index (χ1v) is 5.48. The zero-order valence-corrected chi connectivity index (χ0v) is 9.35. The van der Waals surface area contributed by atoms with E-state index in [2.05, 4.69) is 10.2 Å². The molecule has 0 fully saturated rings. The lowest BCUT2D eigenvalue weighted by atomic mass is 9.92. The van der Waals surface area contributed by atoms with Gasteiger partial charge in [0.25, 0.3) is 0 Å². The molecule has 1 aliphatic carbocycles. The molecule has 4 N–H and O–H groups in total. The number of aromatic nitrogens is 2. The smallest absolute Gasteiger partial charge is 0.399 e. The Hall–Kier alpha value is -1.41. The lowest BCUT2D eigenvalue weighted by Crippen LogP contribution is -2.35. The Balaban J connectivity index is 2.30. The summed E-state index contributed by atoms with van der Waals surface area (Å²) in [7, 11) is 0. The number of rotatable bonds is 1. The predicted octanol–water partition coefficient (Wildman–Crippen LogP) is 1.51. The molecule has 0 spiro atoms. The van der Waals surface area contributed by atoms with E-state index in [1.807, 2.05) is 0 Å². The summed E-state index contributed by atoms with van der Waals surface area (Å²) in [4.78, 5) is 0. The Morgan fingerprint density at radius 1 is 1.35 bits per heavy atom. The number of nitrogens with two attached hydrogens (primary N) is 2. The van der Waals surface area contributed by atoms with Crippen LogP contribution in [0.15, 0.2) is 23.9 Å². The van der Waals surface area contributed by atoms with Gasteiger partial charge >= 0.3 is 6.18 Å². The van der Waals surface area contributed by atoms with E-state index in [-0.39, 0.29) is 5.01 Å². The van der Waals surface area contributed by atoms with Gasteiger partial charge in [0.15, 0.2) is 0 Å². The Labute approximate surface area is 98.8 Å². The molecule has 4 nitrogen and oxygen atoms in total. The zero-order valence-electron chi connectivity index (χ0n) is 8.53. The monoisotopic (exact) mass is 262 g/mol. The van der Waals surface area contributed by atoms with Crippen LogP contribution in [0.5, 0.6) is 0 Å². The van der Waals surface area contributed by atoms with Gasteiger partial charge in [-0.15, -0.1) is 10.2 Å². The van der Waals surface area contributed by atoms with Crippen LogP contribution in [-0.2, 0) is 11.7 Å². The van der Waals surface area contributed by atoms with Gasteiger partial charge in [-0.2, -0.15) is 13.2 Å². The van der Waals surface area contributed by atoms with E-state index < -0.39 is 16.7 Å². The van der Waals surface area contributed by atoms with Crippen molar-refractivity contribution in [3.05, 3.63) is 33.9 Å². The Bertz CT molecular complexity index is 491. The molecule has 0 saturated carbocycles. The van der Waals surface area contributed by atoms with Crippen molar-refractivity contribution in [1.82, 2.24) is 10.2 Å². The zero-order chi connectivity index (χ0) is 12.7. The number of alkyl halides is 3. The molecule has 1 heterocycles. The SMILES string of the molecule is NC1=CCC(N)(c2nnc(C(F)(F)F)s2)C=C1. The molecule has 1 aliphatic rings. The van der Waals surface area contributed by atoms with Gasteiger partial charge in [0.1, 0.15) is 5.01 Å². The minimum atomic E-state index is -4.49. The quantitative estimate of drug-likeness (QED) is 0.804. The summed E-state index contributed by atoms with van der Waals surface area (Å²) >= 11 is 0.453. The highest BCUT2D eigenvalue weighted by Crippen LogP contribution is 2.36. The van der Waals surface area contributed by atoms with Crippen LogP contribution in [-0.4, -0.2) is 10.2 Å². The number of hydrogen-bond donors (Lipinski definition) is 2. The molecular weight excluding hydrogens is 253 g/mol. The molecule has 2 rings (SSSR count). The van der Waals surface area contributed by atoms with Crippen molar-refractivity contribution in [3.63, 3.8) is 0 Å². The summed E-state index contributed by atoms with van der Waals surface area (Å²) in [6.45, 7) is 0. The van der Waals surface area contributed by atoms with E-state index in [9.17, 15) is 13.2 Å². The van der Waals surface area contributed by atoms with Gasteiger partial charge in [-0.1, -0.05) is 23.5 Å². The third-order valence-corrected chi connectivity index (χ3v) is 3.48. The molecule has 0 aliphatic heterocycles. The van der Waals surface area contributed by atoms with Gasteiger partial charge in [-0.25, -0.2) is 0 Å². The first kappa shape index (κ1) is 12.1. The average molecular weight is 262 g/mol. The van der Waals surface area contributed by atoms with Crippen LogP contribution in [0.2, 0.25) is 0 Å². The van der Waals surface area contributed by atoms with Crippen LogP contribution in [0.25, 0.3) is 0 Å². The van der Waals surface area contributed by atoms with Crippen LogP contribution in [0.4, 0.5) is 13.2 Å². The lowest BCUT2D eigenvalue weighted by Gasteiger charge is -2.24. The number of allylic oxidation sites excluding steroid dienone is 1. The Kier molecular flexibility index (Phi) is 2.70. The van der Waals surface area contributed by atoms with E-state index in [1.165, 1.54) is 0 Å². The van der Waals surface area contributed by atoms with Crippen LogP contribution >= 0.6 is 11.3 Å². The fraction of sp³-hybridized carbons (Fsp3) is 0.333. The van der Waals surface area contributed by atoms with Crippen molar-refractivity contribution in [2.24, 2.45) is 11.5 Å². The van der Waals surface area contributed by atoms with Crippen molar-refractivity contribution >= 4 is 11.3 Å². The number of halogens is 3. The normalized spacial score (nSPS) is 24.8. The van der Waals surface area contributed by atoms with Gasteiger partial charge in [-0.05, 0) is 12.5 Å². The van der Waals surface area contributed by atoms with Crippen molar-refractivity contribution in [2.75, 3.05) is 0 Å². The maximum atomic E-state index is 12.4. The molecule has 92 valence electrons. The summed E-state index contributed by atoms with van der Waals surface area (Å²) in [5, 5.41) is 5.75. The maximum absolute atomic E-state index is 12.4. The van der Waals surface area contributed by atoms with Crippen LogP contribution in [0.3, 0.4) is 0 Å². The standard InChI is InChI=1S/C9H9F3N4S/c10-9(11,12)7-16-15-6(17-7)8(14)3-1-5(13)2-4-8/h1-3H,4,13-14H2. The second kappa shape index (κ2) is 3.81. The second-order valence-electron chi connectivity index (χ2n) is 3.69. The molecule has 17 heavy (non-hydrogen) atoms. The third-order valence-electron chi connectivity index (χ3n) is 2.31. The van der Waals surface area contributed by atoms with Gasteiger partial charge in [0.05, 0.1) is 5.54 Å². The molecule has 0 radical (unpaired) electrons. The summed E-state index contributed by atoms with van der Waals surface area (Å²) < 4.78 is 37.1. The van der Waals surface area contributed by atoms with Crippen LogP contribution in [0.1, 0.15) is 16.4 Å². The van der Waals surface area contributed by atoms with E-state index in [0.29, 0.717) is 23.5 Å². The maximum Gasteiger partial charge on any atom is 0.445 e. The third kappa shape index (κ3) is 2.32. The van der Waals surface area contributed by atoms with E-state index in [0.717, 1.165) is 0 Å². The average Bonchev–Trinajstić information content (AvgIpc) is 2.72. The largest absolute Gasteiger partial charge is 0.445 e. The fourth-order valence-corrected chi connectivity index (χ4v) is 2.16. The fourth-order valence-electron chi connectivity index (χ4n) is 1.35. The van der Waals surface area contributed by atoms with E-state index >= 15 is 0 Å². The van der Waals surface area contributed by atoms with Crippen LogP contribution < -0.4 is 11.5 Å². The van der Waals surface area contributed by atoms with E-state index in [1.54, 1.807) is 18.2 Å². The Morgan fingerprint density at radius 3 is 2.53 bits per heavy atom. The minimum Gasteiger partial charge on any atom is -0.399 e. The second-order valence-corrected chi connectivity index (χ2v) is 4.67. The lowest BCUT2D eigenvalue weighted by molar-refractivity contribution is -0.138. The van der Waals surface area contributed by atoms with Gasteiger partial charge < -0.3 is 11.5 Å². The molecule has 1 unspecified atom stereocenters. The highest BCUT2D eigenvalue weighted by atomic mass is 32.1. The van der Waals surface area contributed by atoms with E-state index in [4.69, 9.17) is 11.5 Å². The molecular formula is C9H9F3N4S.